The predicted octanol–water partition coefficient (Wildman–Crippen LogP) is 1.48. The van der Waals surface area contributed by atoms with E-state index in [4.69, 9.17) is 5.11 Å². The van der Waals surface area contributed by atoms with Crippen LogP contribution in [0.1, 0.15) is 9.67 Å². The molecule has 0 fully saturated rings. The molecule has 2 heterocycles. The van der Waals surface area contributed by atoms with Gasteiger partial charge in [-0.25, -0.2) is 8.77 Å². The standard InChI is InChI=1S/C9H7NO4S2/c11-9(12)7-3-4-8(15-7)16(13,14)10-5-1-2-6-10/h1-6H,(H,11,12). The highest BCUT2D eigenvalue weighted by atomic mass is 32.2. The summed E-state index contributed by atoms with van der Waals surface area (Å²) < 4.78 is 24.9. The van der Waals surface area contributed by atoms with Crippen molar-refractivity contribution in [1.82, 2.24) is 3.97 Å². The molecule has 0 atom stereocenters. The summed E-state index contributed by atoms with van der Waals surface area (Å²) in [6, 6.07) is 5.75. The summed E-state index contributed by atoms with van der Waals surface area (Å²) in [5.41, 5.74) is 0. The number of rotatable bonds is 3. The molecule has 0 radical (unpaired) electrons. The van der Waals surface area contributed by atoms with E-state index in [0.29, 0.717) is 0 Å². The molecule has 2 rings (SSSR count). The normalized spacial score (nSPS) is 11.5. The highest BCUT2D eigenvalue weighted by Gasteiger charge is 2.19. The van der Waals surface area contributed by atoms with Gasteiger partial charge in [0, 0.05) is 12.4 Å². The SMILES string of the molecule is O=C(O)c1ccc(S(=O)(=O)n2cccc2)s1. The lowest BCUT2D eigenvalue weighted by molar-refractivity contribution is 0.0702. The van der Waals surface area contributed by atoms with Crippen LogP contribution in [0.3, 0.4) is 0 Å². The molecule has 1 N–H and O–H groups in total. The summed E-state index contributed by atoms with van der Waals surface area (Å²) in [6.45, 7) is 0. The lowest BCUT2D eigenvalue weighted by Gasteiger charge is -2.01. The van der Waals surface area contributed by atoms with Crippen molar-refractivity contribution in [2.24, 2.45) is 0 Å². The molecule has 0 aliphatic rings. The van der Waals surface area contributed by atoms with Gasteiger partial charge in [-0.2, -0.15) is 8.42 Å². The number of carboxylic acid groups (broad SMARTS) is 1. The van der Waals surface area contributed by atoms with E-state index in [0.717, 1.165) is 15.3 Å². The second-order valence-electron chi connectivity index (χ2n) is 2.94. The third kappa shape index (κ3) is 1.74. The molecular formula is C9H7NO4S2. The van der Waals surface area contributed by atoms with Crippen molar-refractivity contribution in [3.8, 4) is 0 Å². The zero-order chi connectivity index (χ0) is 11.8. The lowest BCUT2D eigenvalue weighted by atomic mass is 10.5. The van der Waals surface area contributed by atoms with Crippen LogP contribution < -0.4 is 0 Å². The molecule has 5 nitrogen and oxygen atoms in total. The van der Waals surface area contributed by atoms with Crippen molar-refractivity contribution in [3.63, 3.8) is 0 Å². The number of carbonyl (C=O) groups is 1. The fourth-order valence-corrected chi connectivity index (χ4v) is 3.59. The summed E-state index contributed by atoms with van der Waals surface area (Å²) in [5.74, 6) is -1.13. The molecule has 0 amide bonds. The highest BCUT2D eigenvalue weighted by Crippen LogP contribution is 2.23. The average molecular weight is 257 g/mol. The van der Waals surface area contributed by atoms with Crippen LogP contribution in [-0.4, -0.2) is 23.5 Å². The minimum absolute atomic E-state index is 0.00531. The average Bonchev–Trinajstić information content (AvgIpc) is 2.90. The fraction of sp³-hybridized carbons (Fsp3) is 0. The van der Waals surface area contributed by atoms with Gasteiger partial charge in [0.15, 0.2) is 0 Å². The topological polar surface area (TPSA) is 76.4 Å². The Hall–Kier alpha value is -1.60. The number of aromatic nitrogens is 1. The van der Waals surface area contributed by atoms with Crippen molar-refractivity contribution >= 4 is 27.3 Å². The van der Waals surface area contributed by atoms with Crippen molar-refractivity contribution in [2.75, 3.05) is 0 Å². The van der Waals surface area contributed by atoms with E-state index >= 15 is 0 Å². The molecule has 0 aliphatic carbocycles. The number of nitrogens with zero attached hydrogens (tertiary/aromatic N) is 1. The van der Waals surface area contributed by atoms with Gasteiger partial charge in [-0.15, -0.1) is 11.3 Å². The number of hydrogen-bond donors (Lipinski definition) is 1. The summed E-state index contributed by atoms with van der Waals surface area (Å²) in [7, 11) is -3.64. The van der Waals surface area contributed by atoms with Crippen LogP contribution in [0.5, 0.6) is 0 Å². The molecule has 0 spiro atoms. The number of thiophene rings is 1. The summed E-state index contributed by atoms with van der Waals surface area (Å²) >= 11 is 0.738. The molecule has 0 unspecified atom stereocenters. The van der Waals surface area contributed by atoms with Crippen molar-refractivity contribution < 1.29 is 18.3 Å². The maximum Gasteiger partial charge on any atom is 0.345 e. The predicted molar refractivity (Wildman–Crippen MR) is 58.3 cm³/mol. The number of hydrogen-bond acceptors (Lipinski definition) is 4. The largest absolute Gasteiger partial charge is 0.477 e. The Kier molecular flexibility index (Phi) is 2.56. The molecule has 0 bridgehead atoms. The zero-order valence-electron chi connectivity index (χ0n) is 7.90. The molecule has 2 aromatic rings. The van der Waals surface area contributed by atoms with Crippen LogP contribution >= 0.6 is 11.3 Å². The second kappa shape index (κ2) is 3.76. The molecule has 7 heteroatoms. The van der Waals surface area contributed by atoms with Crippen LogP contribution in [0.15, 0.2) is 40.9 Å². The van der Waals surface area contributed by atoms with E-state index in [2.05, 4.69) is 0 Å². The Morgan fingerprint density at radius 1 is 1.25 bits per heavy atom. The Bertz CT molecular complexity index is 610. The van der Waals surface area contributed by atoms with Crippen LogP contribution in [0.4, 0.5) is 0 Å². The first-order valence-electron chi connectivity index (χ1n) is 4.23. The molecule has 0 aromatic carbocycles. The van der Waals surface area contributed by atoms with E-state index in [-0.39, 0.29) is 9.09 Å². The van der Waals surface area contributed by atoms with Gasteiger partial charge in [-0.1, -0.05) is 0 Å². The first-order chi connectivity index (χ1) is 7.51. The summed E-state index contributed by atoms with van der Waals surface area (Å²) in [4.78, 5) is 10.6. The Morgan fingerprint density at radius 3 is 2.38 bits per heavy atom. The minimum atomic E-state index is -3.64. The Balaban J connectivity index is 2.48. The zero-order valence-corrected chi connectivity index (χ0v) is 9.53. The molecular weight excluding hydrogens is 250 g/mol. The van der Waals surface area contributed by atoms with Crippen LogP contribution in [0.25, 0.3) is 0 Å². The van der Waals surface area contributed by atoms with Crippen molar-refractivity contribution in [1.29, 1.82) is 0 Å². The fourth-order valence-electron chi connectivity index (χ4n) is 1.16. The molecule has 84 valence electrons. The van der Waals surface area contributed by atoms with Gasteiger partial charge in [-0.05, 0) is 24.3 Å². The maximum atomic E-state index is 11.9. The maximum absolute atomic E-state index is 11.9. The van der Waals surface area contributed by atoms with Crippen LogP contribution in [-0.2, 0) is 10.0 Å². The molecule has 2 aromatic heterocycles. The van der Waals surface area contributed by atoms with Gasteiger partial charge in [-0.3, -0.25) is 0 Å². The van der Waals surface area contributed by atoms with E-state index in [1.165, 1.54) is 24.5 Å². The smallest absolute Gasteiger partial charge is 0.345 e. The summed E-state index contributed by atoms with van der Waals surface area (Å²) in [6.07, 6.45) is 2.80. The Labute approximate surface area is 95.6 Å². The van der Waals surface area contributed by atoms with Gasteiger partial charge < -0.3 is 5.11 Å². The third-order valence-electron chi connectivity index (χ3n) is 1.90. The van der Waals surface area contributed by atoms with Gasteiger partial charge in [0.1, 0.15) is 9.09 Å². The van der Waals surface area contributed by atoms with Gasteiger partial charge in [0.2, 0.25) is 0 Å². The van der Waals surface area contributed by atoms with Crippen molar-refractivity contribution in [2.45, 2.75) is 4.21 Å². The minimum Gasteiger partial charge on any atom is -0.477 e. The van der Waals surface area contributed by atoms with Gasteiger partial charge >= 0.3 is 5.97 Å². The van der Waals surface area contributed by atoms with Crippen LogP contribution in [0.2, 0.25) is 0 Å². The van der Waals surface area contributed by atoms with E-state index < -0.39 is 16.0 Å². The molecule has 0 saturated carbocycles. The van der Waals surface area contributed by atoms with Crippen molar-refractivity contribution in [3.05, 3.63) is 41.5 Å². The highest BCUT2D eigenvalue weighted by molar-refractivity contribution is 7.92. The Morgan fingerprint density at radius 2 is 1.88 bits per heavy atom. The second-order valence-corrected chi connectivity index (χ2v) is 6.10. The van der Waals surface area contributed by atoms with Gasteiger partial charge in [0.05, 0.1) is 0 Å². The quantitative estimate of drug-likeness (QED) is 0.903. The number of carboxylic acids is 1. The molecule has 16 heavy (non-hydrogen) atoms. The molecule has 0 saturated heterocycles. The number of aromatic carboxylic acids is 1. The van der Waals surface area contributed by atoms with E-state index in [9.17, 15) is 13.2 Å². The van der Waals surface area contributed by atoms with E-state index in [1.54, 1.807) is 12.1 Å². The molecule has 0 aliphatic heterocycles. The van der Waals surface area contributed by atoms with Gasteiger partial charge in [0.25, 0.3) is 10.0 Å². The van der Waals surface area contributed by atoms with E-state index in [1.807, 2.05) is 0 Å². The summed E-state index contributed by atoms with van der Waals surface area (Å²) in [5, 5.41) is 8.70. The monoisotopic (exact) mass is 257 g/mol. The lowest BCUT2D eigenvalue weighted by Crippen LogP contribution is -2.08. The van der Waals surface area contributed by atoms with Crippen LogP contribution in [0, 0.1) is 0 Å². The third-order valence-corrected chi connectivity index (χ3v) is 5.09. The first kappa shape index (κ1) is 10.9. The first-order valence-corrected chi connectivity index (χ1v) is 6.49.